The lowest BCUT2D eigenvalue weighted by atomic mass is 10.1. The molecule has 4 heteroatoms. The van der Waals surface area contributed by atoms with Crippen LogP contribution in [0.4, 0.5) is 4.39 Å². The molecule has 0 bridgehead atoms. The van der Waals surface area contributed by atoms with Crippen molar-refractivity contribution in [2.24, 2.45) is 0 Å². The molecule has 0 spiro atoms. The molecule has 0 radical (unpaired) electrons. The zero-order valence-corrected chi connectivity index (χ0v) is 11.8. The van der Waals surface area contributed by atoms with Gasteiger partial charge < -0.3 is 5.32 Å². The monoisotopic (exact) mass is 301 g/mol. The smallest absolute Gasteiger partial charge is 0.254 e. The zero-order chi connectivity index (χ0) is 13.0. The number of halogens is 2. The SMILES string of the molecule is Cc1ccc(C(=O)NC(C)CC(C)Br)c(F)c1. The minimum Gasteiger partial charge on any atom is -0.349 e. The Morgan fingerprint density at radius 2 is 2.12 bits per heavy atom. The van der Waals surface area contributed by atoms with Crippen molar-refractivity contribution in [3.05, 3.63) is 35.1 Å². The highest BCUT2D eigenvalue weighted by molar-refractivity contribution is 9.09. The van der Waals surface area contributed by atoms with E-state index in [1.165, 1.54) is 12.1 Å². The van der Waals surface area contributed by atoms with Crippen LogP contribution in [0.25, 0.3) is 0 Å². The van der Waals surface area contributed by atoms with E-state index in [2.05, 4.69) is 21.2 Å². The first kappa shape index (κ1) is 14.2. The van der Waals surface area contributed by atoms with Crippen molar-refractivity contribution in [3.8, 4) is 0 Å². The van der Waals surface area contributed by atoms with Gasteiger partial charge >= 0.3 is 0 Å². The van der Waals surface area contributed by atoms with E-state index in [0.29, 0.717) is 4.83 Å². The number of alkyl halides is 1. The van der Waals surface area contributed by atoms with Crippen molar-refractivity contribution in [3.63, 3.8) is 0 Å². The molecule has 2 atom stereocenters. The summed E-state index contributed by atoms with van der Waals surface area (Å²) >= 11 is 3.42. The van der Waals surface area contributed by atoms with Crippen LogP contribution in [0.2, 0.25) is 0 Å². The lowest BCUT2D eigenvalue weighted by Gasteiger charge is -2.15. The molecule has 2 unspecified atom stereocenters. The molecule has 0 saturated carbocycles. The first-order valence-corrected chi connectivity index (χ1v) is 6.52. The number of hydrogen-bond donors (Lipinski definition) is 1. The summed E-state index contributed by atoms with van der Waals surface area (Å²) < 4.78 is 13.5. The normalized spacial score (nSPS) is 14.2. The topological polar surface area (TPSA) is 29.1 Å². The number of carbonyl (C=O) groups is 1. The van der Waals surface area contributed by atoms with Crippen molar-refractivity contribution < 1.29 is 9.18 Å². The average molecular weight is 302 g/mol. The number of amides is 1. The molecule has 0 aliphatic carbocycles. The van der Waals surface area contributed by atoms with Crippen molar-refractivity contribution in [1.29, 1.82) is 0 Å². The second kappa shape index (κ2) is 6.15. The van der Waals surface area contributed by atoms with Gasteiger partial charge in [-0.05, 0) is 38.0 Å². The highest BCUT2D eigenvalue weighted by Gasteiger charge is 2.14. The Balaban J connectivity index is 2.70. The van der Waals surface area contributed by atoms with Gasteiger partial charge in [-0.15, -0.1) is 0 Å². The lowest BCUT2D eigenvalue weighted by molar-refractivity contribution is 0.0934. The van der Waals surface area contributed by atoms with Crippen LogP contribution in [0.1, 0.15) is 36.2 Å². The molecule has 0 heterocycles. The lowest BCUT2D eigenvalue weighted by Crippen LogP contribution is -2.34. The van der Waals surface area contributed by atoms with Crippen LogP contribution in [0.3, 0.4) is 0 Å². The Kier molecular flexibility index (Phi) is 5.12. The molecule has 17 heavy (non-hydrogen) atoms. The minimum atomic E-state index is -0.471. The molecule has 1 N–H and O–H groups in total. The molecule has 1 rings (SSSR count). The fraction of sp³-hybridized carbons (Fsp3) is 0.462. The van der Waals surface area contributed by atoms with Crippen LogP contribution in [0.15, 0.2) is 18.2 Å². The van der Waals surface area contributed by atoms with Crippen LogP contribution in [-0.4, -0.2) is 16.8 Å². The molecule has 0 aliphatic heterocycles. The van der Waals surface area contributed by atoms with Gasteiger partial charge in [-0.1, -0.05) is 28.9 Å². The first-order chi connectivity index (χ1) is 7.90. The van der Waals surface area contributed by atoms with Gasteiger partial charge in [0, 0.05) is 10.9 Å². The highest BCUT2D eigenvalue weighted by atomic mass is 79.9. The summed E-state index contributed by atoms with van der Waals surface area (Å²) in [5.74, 6) is -0.829. The summed E-state index contributed by atoms with van der Waals surface area (Å²) in [6.07, 6.45) is 0.805. The molecular formula is C13H17BrFNO. The van der Waals surface area contributed by atoms with E-state index < -0.39 is 5.82 Å². The summed E-state index contributed by atoms with van der Waals surface area (Å²) in [5.41, 5.74) is 0.908. The molecule has 1 aromatic carbocycles. The molecule has 94 valence electrons. The average Bonchev–Trinajstić information content (AvgIpc) is 2.15. The van der Waals surface area contributed by atoms with Gasteiger partial charge in [-0.2, -0.15) is 0 Å². The third kappa shape index (κ3) is 4.46. The van der Waals surface area contributed by atoms with Gasteiger partial charge in [0.25, 0.3) is 5.91 Å². The molecule has 0 saturated heterocycles. The predicted molar refractivity (Wildman–Crippen MR) is 71.1 cm³/mol. The number of rotatable bonds is 4. The highest BCUT2D eigenvalue weighted by Crippen LogP contribution is 2.11. The number of nitrogens with one attached hydrogen (secondary N) is 1. The Morgan fingerprint density at radius 3 is 2.65 bits per heavy atom. The summed E-state index contributed by atoms with van der Waals surface area (Å²) in [6.45, 7) is 5.71. The fourth-order valence-electron chi connectivity index (χ4n) is 1.65. The van der Waals surface area contributed by atoms with Crippen LogP contribution in [0, 0.1) is 12.7 Å². The van der Waals surface area contributed by atoms with Gasteiger partial charge in [0.1, 0.15) is 5.82 Å². The van der Waals surface area contributed by atoms with Gasteiger partial charge in [0.2, 0.25) is 0 Å². The Morgan fingerprint density at radius 1 is 1.47 bits per heavy atom. The van der Waals surface area contributed by atoms with Crippen molar-refractivity contribution in [1.82, 2.24) is 5.32 Å². The van der Waals surface area contributed by atoms with E-state index in [1.54, 1.807) is 13.0 Å². The van der Waals surface area contributed by atoms with Crippen LogP contribution in [-0.2, 0) is 0 Å². The standard InChI is InChI=1S/C13H17BrFNO/c1-8-4-5-11(12(15)6-8)13(17)16-10(3)7-9(2)14/h4-6,9-10H,7H2,1-3H3,(H,16,17). The fourth-order valence-corrected chi connectivity index (χ4v) is 2.21. The molecule has 0 fully saturated rings. The summed E-state index contributed by atoms with van der Waals surface area (Å²) in [5, 5.41) is 2.78. The summed E-state index contributed by atoms with van der Waals surface area (Å²) in [4.78, 5) is 12.1. The Hall–Kier alpha value is -0.900. The van der Waals surface area contributed by atoms with Gasteiger partial charge in [-0.25, -0.2) is 4.39 Å². The van der Waals surface area contributed by atoms with E-state index in [4.69, 9.17) is 0 Å². The number of hydrogen-bond acceptors (Lipinski definition) is 1. The maximum absolute atomic E-state index is 13.5. The van der Waals surface area contributed by atoms with Crippen LogP contribution in [0.5, 0.6) is 0 Å². The zero-order valence-electron chi connectivity index (χ0n) is 10.3. The third-order valence-electron chi connectivity index (χ3n) is 2.43. The molecule has 1 aromatic rings. The van der Waals surface area contributed by atoms with Crippen LogP contribution >= 0.6 is 15.9 Å². The Bertz CT molecular complexity index is 406. The second-order valence-electron chi connectivity index (χ2n) is 4.37. The largest absolute Gasteiger partial charge is 0.349 e. The number of benzene rings is 1. The van der Waals surface area contributed by atoms with E-state index in [9.17, 15) is 9.18 Å². The maximum atomic E-state index is 13.5. The molecule has 0 aliphatic rings. The van der Waals surface area contributed by atoms with Crippen molar-refractivity contribution in [2.45, 2.75) is 38.1 Å². The molecule has 0 aromatic heterocycles. The summed E-state index contributed by atoms with van der Waals surface area (Å²) in [6, 6.07) is 4.63. The summed E-state index contributed by atoms with van der Waals surface area (Å²) in [7, 11) is 0. The van der Waals surface area contributed by atoms with E-state index >= 15 is 0 Å². The van der Waals surface area contributed by atoms with Crippen LogP contribution < -0.4 is 5.32 Å². The maximum Gasteiger partial charge on any atom is 0.254 e. The Labute approximate surface area is 110 Å². The van der Waals surface area contributed by atoms with E-state index in [1.807, 2.05) is 13.8 Å². The van der Waals surface area contributed by atoms with E-state index in [-0.39, 0.29) is 17.5 Å². The second-order valence-corrected chi connectivity index (χ2v) is 5.94. The van der Waals surface area contributed by atoms with Crippen molar-refractivity contribution >= 4 is 21.8 Å². The molecular weight excluding hydrogens is 285 g/mol. The van der Waals surface area contributed by atoms with Gasteiger partial charge in [0.05, 0.1) is 5.56 Å². The minimum absolute atomic E-state index is 0.0116. The number of aryl methyl sites for hydroxylation is 1. The quantitative estimate of drug-likeness (QED) is 0.848. The molecule has 1 amide bonds. The van der Waals surface area contributed by atoms with Gasteiger partial charge in [-0.3, -0.25) is 4.79 Å². The van der Waals surface area contributed by atoms with Gasteiger partial charge in [0.15, 0.2) is 0 Å². The molecule has 2 nitrogen and oxygen atoms in total. The third-order valence-corrected chi connectivity index (χ3v) is 2.80. The van der Waals surface area contributed by atoms with Crippen molar-refractivity contribution in [2.75, 3.05) is 0 Å². The number of carbonyl (C=O) groups excluding carboxylic acids is 1. The predicted octanol–water partition coefficient (Wildman–Crippen LogP) is 3.43. The van der Waals surface area contributed by atoms with E-state index in [0.717, 1.165) is 12.0 Å². The first-order valence-electron chi connectivity index (χ1n) is 5.61.